The van der Waals surface area contributed by atoms with E-state index in [1.165, 1.54) is 19.2 Å². The van der Waals surface area contributed by atoms with Crippen molar-refractivity contribution in [1.82, 2.24) is 9.97 Å². The van der Waals surface area contributed by atoms with Crippen molar-refractivity contribution in [3.05, 3.63) is 30.0 Å². The molecule has 9 heteroatoms. The lowest BCUT2D eigenvalue weighted by Crippen LogP contribution is -2.60. The number of nitrogens with one attached hydrogen (secondary N) is 1. The quantitative estimate of drug-likeness (QED) is 0.691. The van der Waals surface area contributed by atoms with Gasteiger partial charge in [-0.1, -0.05) is 13.8 Å². The highest BCUT2D eigenvalue weighted by atomic mass is 16.5. The van der Waals surface area contributed by atoms with E-state index in [0.717, 1.165) is 6.42 Å². The van der Waals surface area contributed by atoms with Gasteiger partial charge in [0.2, 0.25) is 5.95 Å². The van der Waals surface area contributed by atoms with Crippen LogP contribution in [0.5, 0.6) is 5.75 Å². The second-order valence-corrected chi connectivity index (χ2v) is 8.51. The van der Waals surface area contributed by atoms with Crippen molar-refractivity contribution in [3.8, 4) is 5.75 Å². The van der Waals surface area contributed by atoms with Crippen LogP contribution >= 0.6 is 0 Å². The number of nitrogens with zero attached hydrogens (tertiary/aromatic N) is 4. The molecule has 0 radical (unpaired) electrons. The minimum Gasteiger partial charge on any atom is -0.495 e. The predicted octanol–water partition coefficient (Wildman–Crippen LogP) is 3.53. The van der Waals surface area contributed by atoms with Crippen molar-refractivity contribution in [3.63, 3.8) is 0 Å². The van der Waals surface area contributed by atoms with E-state index >= 15 is 0 Å². The van der Waals surface area contributed by atoms with Crippen LogP contribution in [-0.2, 0) is 4.79 Å². The van der Waals surface area contributed by atoms with Gasteiger partial charge < -0.3 is 25.0 Å². The lowest BCUT2D eigenvalue weighted by Gasteiger charge is -2.46. The number of methoxy groups -OCH3 is 1. The number of rotatable bonds is 7. The normalized spacial score (nSPS) is 15.1. The molecule has 0 spiro atoms. The number of amides is 1. The van der Waals surface area contributed by atoms with Crippen molar-refractivity contribution in [1.29, 1.82) is 0 Å². The minimum atomic E-state index is -1.04. The van der Waals surface area contributed by atoms with E-state index in [2.05, 4.69) is 24.1 Å². The number of ether oxygens (including phenoxy) is 1. The zero-order valence-electron chi connectivity index (χ0n) is 18.8. The fourth-order valence-corrected chi connectivity index (χ4v) is 3.58. The number of fused-ring (bicyclic) bond motifs is 1. The largest absolute Gasteiger partial charge is 0.495 e. The van der Waals surface area contributed by atoms with Crippen LogP contribution in [0.3, 0.4) is 0 Å². The highest BCUT2D eigenvalue weighted by Crippen LogP contribution is 2.39. The molecule has 1 aromatic carbocycles. The maximum absolute atomic E-state index is 13.0. The van der Waals surface area contributed by atoms with Crippen LogP contribution < -0.4 is 19.9 Å². The third kappa shape index (κ3) is 4.26. The number of anilines is 4. The van der Waals surface area contributed by atoms with Crippen molar-refractivity contribution in [2.45, 2.75) is 39.7 Å². The molecule has 0 saturated heterocycles. The molecule has 31 heavy (non-hydrogen) atoms. The Hall–Kier alpha value is -3.36. The Morgan fingerprint density at radius 1 is 1.32 bits per heavy atom. The Morgan fingerprint density at radius 3 is 2.65 bits per heavy atom. The third-order valence-electron chi connectivity index (χ3n) is 5.49. The molecule has 166 valence electrons. The van der Waals surface area contributed by atoms with E-state index in [1.807, 2.05) is 18.7 Å². The molecule has 0 atom stereocenters. The summed E-state index contributed by atoms with van der Waals surface area (Å²) in [5, 5.41) is 12.3. The van der Waals surface area contributed by atoms with Crippen LogP contribution in [0.2, 0.25) is 0 Å². The first-order valence-corrected chi connectivity index (χ1v) is 10.2. The number of hydrogen-bond acceptors (Lipinski definition) is 7. The summed E-state index contributed by atoms with van der Waals surface area (Å²) in [5.74, 6) is 0.792. The van der Waals surface area contributed by atoms with Crippen molar-refractivity contribution >= 4 is 35.0 Å². The van der Waals surface area contributed by atoms with Gasteiger partial charge in [0.25, 0.3) is 5.91 Å². The average molecular weight is 428 g/mol. The predicted molar refractivity (Wildman–Crippen MR) is 120 cm³/mol. The highest BCUT2D eigenvalue weighted by Gasteiger charge is 2.44. The number of likely N-dealkylation sites (N-methyl/N-ethyl adjacent to an activating group) is 1. The summed E-state index contributed by atoms with van der Waals surface area (Å²) in [6.45, 7) is 8.78. The Kier molecular flexibility index (Phi) is 6.06. The highest BCUT2D eigenvalue weighted by molar-refractivity contribution is 6.06. The van der Waals surface area contributed by atoms with Crippen molar-refractivity contribution in [2.75, 3.05) is 35.8 Å². The molecular formula is C22H29N5O4. The number of carbonyl (C=O) groups is 2. The van der Waals surface area contributed by atoms with Crippen LogP contribution in [-0.4, -0.2) is 53.2 Å². The molecule has 1 aromatic heterocycles. The molecule has 1 aliphatic heterocycles. The number of benzene rings is 1. The lowest BCUT2D eigenvalue weighted by molar-refractivity contribution is -0.122. The summed E-state index contributed by atoms with van der Waals surface area (Å²) in [6.07, 6.45) is 2.54. The molecule has 0 unspecified atom stereocenters. The van der Waals surface area contributed by atoms with Crippen molar-refractivity contribution in [2.24, 2.45) is 5.92 Å². The average Bonchev–Trinajstić information content (AvgIpc) is 2.72. The number of aromatic carboxylic acids is 1. The maximum atomic E-state index is 13.0. The van der Waals surface area contributed by atoms with Gasteiger partial charge in [-0.05, 0) is 44.4 Å². The van der Waals surface area contributed by atoms with Gasteiger partial charge in [0.15, 0.2) is 5.82 Å². The van der Waals surface area contributed by atoms with E-state index < -0.39 is 11.5 Å². The molecule has 2 heterocycles. The molecule has 0 saturated carbocycles. The first-order chi connectivity index (χ1) is 14.6. The SMILES string of the molecule is COc1cc(C(=O)O)ccc1Nc1ncc2c(n1)N(CCC(C)C)C(C)(C)C(=O)N2C. The molecule has 3 rings (SSSR count). The molecule has 0 bridgehead atoms. The molecule has 9 nitrogen and oxygen atoms in total. The van der Waals surface area contributed by atoms with E-state index in [-0.39, 0.29) is 11.5 Å². The third-order valence-corrected chi connectivity index (χ3v) is 5.49. The number of hydrogen-bond donors (Lipinski definition) is 2. The molecule has 2 N–H and O–H groups in total. The summed E-state index contributed by atoms with van der Waals surface area (Å²) in [6, 6.07) is 4.53. The Morgan fingerprint density at radius 2 is 2.03 bits per heavy atom. The zero-order chi connectivity index (χ0) is 22.9. The number of carboxylic acid groups (broad SMARTS) is 1. The lowest BCUT2D eigenvalue weighted by atomic mass is 9.96. The maximum Gasteiger partial charge on any atom is 0.335 e. The van der Waals surface area contributed by atoms with Crippen LogP contribution in [0, 0.1) is 5.92 Å². The zero-order valence-corrected chi connectivity index (χ0v) is 18.8. The Balaban J connectivity index is 2.00. The van der Waals surface area contributed by atoms with Crippen molar-refractivity contribution < 1.29 is 19.4 Å². The number of carbonyl (C=O) groups excluding carboxylic acids is 1. The summed E-state index contributed by atoms with van der Waals surface area (Å²) in [5.41, 5.74) is 0.561. The second-order valence-electron chi connectivity index (χ2n) is 8.51. The molecule has 0 aliphatic carbocycles. The first-order valence-electron chi connectivity index (χ1n) is 10.2. The summed E-state index contributed by atoms with van der Waals surface area (Å²) in [7, 11) is 3.20. The second kappa shape index (κ2) is 8.41. The standard InChI is InChI=1S/C22H29N5O4/c1-13(2)9-10-27-18-16(26(5)20(30)22(27,3)4)12-23-21(25-18)24-15-8-7-14(19(28)29)11-17(15)31-6/h7-8,11-13H,9-10H2,1-6H3,(H,28,29)(H,23,24,25). The van der Waals surface area contributed by atoms with E-state index in [0.29, 0.717) is 41.4 Å². The molecule has 1 aliphatic rings. The Labute approximate surface area is 182 Å². The summed E-state index contributed by atoms with van der Waals surface area (Å²) in [4.78, 5) is 36.9. The summed E-state index contributed by atoms with van der Waals surface area (Å²) < 4.78 is 5.33. The molecule has 2 aromatic rings. The van der Waals surface area contributed by atoms with E-state index in [4.69, 9.17) is 9.72 Å². The smallest absolute Gasteiger partial charge is 0.335 e. The van der Waals surface area contributed by atoms with Gasteiger partial charge in [-0.25, -0.2) is 9.78 Å². The van der Waals surface area contributed by atoms with Gasteiger partial charge in [0.1, 0.15) is 17.0 Å². The van der Waals surface area contributed by atoms with Gasteiger partial charge in [-0.2, -0.15) is 4.98 Å². The van der Waals surface area contributed by atoms with E-state index in [9.17, 15) is 14.7 Å². The number of aromatic nitrogens is 2. The van der Waals surface area contributed by atoms with Gasteiger partial charge >= 0.3 is 5.97 Å². The van der Waals surface area contributed by atoms with Gasteiger partial charge in [0, 0.05) is 13.6 Å². The van der Waals surface area contributed by atoms with Crippen LogP contribution in [0.25, 0.3) is 0 Å². The summed E-state index contributed by atoms with van der Waals surface area (Å²) >= 11 is 0. The fourth-order valence-electron chi connectivity index (χ4n) is 3.58. The minimum absolute atomic E-state index is 0.0148. The van der Waals surface area contributed by atoms with Gasteiger partial charge in [-0.3, -0.25) is 4.79 Å². The fraction of sp³-hybridized carbons (Fsp3) is 0.455. The molecule has 0 fully saturated rings. The van der Waals surface area contributed by atoms with Crippen LogP contribution in [0.15, 0.2) is 24.4 Å². The van der Waals surface area contributed by atoms with Crippen LogP contribution in [0.1, 0.15) is 44.5 Å². The number of carboxylic acids is 1. The van der Waals surface area contributed by atoms with Gasteiger partial charge in [-0.15, -0.1) is 0 Å². The van der Waals surface area contributed by atoms with Gasteiger partial charge in [0.05, 0.1) is 24.6 Å². The monoisotopic (exact) mass is 427 g/mol. The topological polar surface area (TPSA) is 108 Å². The van der Waals surface area contributed by atoms with E-state index in [1.54, 1.807) is 24.2 Å². The molecule has 1 amide bonds. The molecular weight excluding hydrogens is 398 g/mol. The van der Waals surface area contributed by atoms with Crippen LogP contribution in [0.4, 0.5) is 23.1 Å². The first kappa shape index (κ1) is 22.3. The Bertz CT molecular complexity index is 1010.